The van der Waals surface area contributed by atoms with Crippen LogP contribution < -0.4 is 5.73 Å². The molecule has 7 heteroatoms. The zero-order valence-corrected chi connectivity index (χ0v) is 11.3. The normalized spacial score (nSPS) is 18.5. The number of rotatable bonds is 2. The van der Waals surface area contributed by atoms with Gasteiger partial charge in [0.25, 0.3) is 0 Å². The molecule has 0 fully saturated rings. The van der Waals surface area contributed by atoms with Gasteiger partial charge in [0.2, 0.25) is 17.4 Å². The monoisotopic (exact) mass is 301 g/mol. The Kier molecular flexibility index (Phi) is 3.68. The third-order valence-electron chi connectivity index (χ3n) is 2.42. The van der Waals surface area contributed by atoms with Crippen LogP contribution in [-0.2, 0) is 19.1 Å². The van der Waals surface area contributed by atoms with Crippen LogP contribution in [0.3, 0.4) is 0 Å². The molecule has 2 rings (SSSR count). The fourth-order valence-electron chi connectivity index (χ4n) is 1.64. The predicted molar refractivity (Wildman–Crippen MR) is 68.3 cm³/mol. The van der Waals surface area contributed by atoms with Gasteiger partial charge in [0.1, 0.15) is 0 Å². The van der Waals surface area contributed by atoms with Crippen LogP contribution in [-0.4, -0.2) is 11.8 Å². The minimum Gasteiger partial charge on any atom is -0.460 e. The molecule has 19 heavy (non-hydrogen) atoms. The van der Waals surface area contributed by atoms with E-state index in [-0.39, 0.29) is 16.7 Å². The van der Waals surface area contributed by atoms with Gasteiger partial charge in [-0.25, -0.2) is 0 Å². The van der Waals surface area contributed by atoms with Gasteiger partial charge in [-0.15, -0.1) is 0 Å². The quantitative estimate of drug-likeness (QED) is 0.848. The molecule has 1 aliphatic heterocycles. The van der Waals surface area contributed by atoms with Crippen LogP contribution in [0.5, 0.6) is 0 Å². The van der Waals surface area contributed by atoms with Gasteiger partial charge in [-0.3, -0.25) is 9.59 Å². The summed E-state index contributed by atoms with van der Waals surface area (Å²) in [6, 6.07) is 4.60. The van der Waals surface area contributed by atoms with E-state index in [2.05, 4.69) is 0 Å². The number of ether oxygens (including phenoxy) is 2. The Hall–Kier alpha value is -1.72. The van der Waals surface area contributed by atoms with Gasteiger partial charge in [-0.1, -0.05) is 29.3 Å². The summed E-state index contributed by atoms with van der Waals surface area (Å²) in [7, 11) is 0. The van der Waals surface area contributed by atoms with Gasteiger partial charge >= 0.3 is 5.97 Å². The van der Waals surface area contributed by atoms with Crippen molar-refractivity contribution in [3.63, 3.8) is 0 Å². The maximum absolute atomic E-state index is 12.1. The summed E-state index contributed by atoms with van der Waals surface area (Å²) in [5.41, 5.74) is 5.92. The molecule has 0 radical (unpaired) electrons. The Balaban J connectivity index is 2.31. The first kappa shape index (κ1) is 13.7. The molecule has 1 heterocycles. The van der Waals surface area contributed by atoms with Crippen LogP contribution in [0.2, 0.25) is 10.0 Å². The SMILES string of the molecule is CC(=O)OC1=C(N)OC(c2ccc(Cl)cc2Cl)C1=O. The number of hydrogen-bond donors (Lipinski definition) is 1. The standard InChI is InChI=1S/C12H9Cl2NO4/c1-5(16)18-11-9(17)10(19-12(11)15)7-3-2-6(13)4-8(7)14/h2-4,10H,15H2,1H3. The molecule has 0 saturated carbocycles. The second-order valence-electron chi connectivity index (χ2n) is 3.81. The molecular formula is C12H9Cl2NO4. The molecule has 0 saturated heterocycles. The molecule has 0 spiro atoms. The van der Waals surface area contributed by atoms with E-state index < -0.39 is 17.9 Å². The Morgan fingerprint density at radius 1 is 1.42 bits per heavy atom. The molecule has 0 aliphatic carbocycles. The molecule has 5 nitrogen and oxygen atoms in total. The van der Waals surface area contributed by atoms with Gasteiger partial charge < -0.3 is 15.2 Å². The topological polar surface area (TPSA) is 78.6 Å². The van der Waals surface area contributed by atoms with Crippen molar-refractivity contribution in [2.75, 3.05) is 0 Å². The molecule has 1 aliphatic rings. The Morgan fingerprint density at radius 2 is 2.11 bits per heavy atom. The highest BCUT2D eigenvalue weighted by molar-refractivity contribution is 6.35. The molecule has 100 valence electrons. The number of nitrogens with two attached hydrogens (primary N) is 1. The number of esters is 1. The maximum atomic E-state index is 12.1. The van der Waals surface area contributed by atoms with Crippen LogP contribution in [0.15, 0.2) is 29.8 Å². The average Bonchev–Trinajstić information content (AvgIpc) is 2.57. The summed E-state index contributed by atoms with van der Waals surface area (Å²) in [5.74, 6) is -1.76. The van der Waals surface area contributed by atoms with E-state index in [4.69, 9.17) is 38.4 Å². The summed E-state index contributed by atoms with van der Waals surface area (Å²) < 4.78 is 9.92. The number of halogens is 2. The van der Waals surface area contributed by atoms with E-state index in [9.17, 15) is 9.59 Å². The molecule has 0 aromatic heterocycles. The van der Waals surface area contributed by atoms with Crippen molar-refractivity contribution in [2.45, 2.75) is 13.0 Å². The van der Waals surface area contributed by atoms with Crippen molar-refractivity contribution in [2.24, 2.45) is 5.73 Å². The Labute approximate surface area is 118 Å². The summed E-state index contributed by atoms with van der Waals surface area (Å²) >= 11 is 11.8. The second-order valence-corrected chi connectivity index (χ2v) is 4.66. The van der Waals surface area contributed by atoms with E-state index >= 15 is 0 Å². The van der Waals surface area contributed by atoms with E-state index in [1.165, 1.54) is 6.07 Å². The molecule has 2 N–H and O–H groups in total. The lowest BCUT2D eigenvalue weighted by atomic mass is 10.1. The van der Waals surface area contributed by atoms with Gasteiger partial charge in [0.05, 0.1) is 0 Å². The average molecular weight is 302 g/mol. The number of Topliss-reactive ketones (excluding diaryl/α,β-unsaturated/α-hetero) is 1. The fourth-order valence-corrected chi connectivity index (χ4v) is 2.15. The largest absolute Gasteiger partial charge is 0.460 e. The second kappa shape index (κ2) is 5.11. The van der Waals surface area contributed by atoms with E-state index in [0.29, 0.717) is 10.6 Å². The number of ketones is 1. The van der Waals surface area contributed by atoms with Crippen LogP contribution >= 0.6 is 23.2 Å². The minimum absolute atomic E-state index is 0.240. The van der Waals surface area contributed by atoms with Gasteiger partial charge in [-0.05, 0) is 12.1 Å². The Bertz CT molecular complexity index is 597. The zero-order valence-electron chi connectivity index (χ0n) is 9.78. The summed E-state index contributed by atoms with van der Waals surface area (Å²) in [4.78, 5) is 22.9. The highest BCUT2D eigenvalue weighted by Crippen LogP contribution is 2.36. The van der Waals surface area contributed by atoms with E-state index in [0.717, 1.165) is 6.92 Å². The summed E-state index contributed by atoms with van der Waals surface area (Å²) in [6.45, 7) is 1.16. The van der Waals surface area contributed by atoms with Crippen LogP contribution in [0.25, 0.3) is 0 Å². The van der Waals surface area contributed by atoms with Crippen molar-refractivity contribution in [3.05, 3.63) is 45.5 Å². The molecular weight excluding hydrogens is 293 g/mol. The maximum Gasteiger partial charge on any atom is 0.308 e. The van der Waals surface area contributed by atoms with Crippen LogP contribution in [0.1, 0.15) is 18.6 Å². The summed E-state index contributed by atoms with van der Waals surface area (Å²) in [5, 5.41) is 0.697. The van der Waals surface area contributed by atoms with E-state index in [1.807, 2.05) is 0 Å². The molecule has 1 aromatic carbocycles. The van der Waals surface area contributed by atoms with Gasteiger partial charge in [0, 0.05) is 22.5 Å². The number of hydrogen-bond acceptors (Lipinski definition) is 5. The minimum atomic E-state index is -1.03. The first-order chi connectivity index (χ1) is 8.90. The molecule has 1 unspecified atom stereocenters. The molecule has 1 atom stereocenters. The van der Waals surface area contributed by atoms with E-state index in [1.54, 1.807) is 12.1 Å². The van der Waals surface area contributed by atoms with Crippen LogP contribution in [0.4, 0.5) is 0 Å². The smallest absolute Gasteiger partial charge is 0.308 e. The van der Waals surface area contributed by atoms with Gasteiger partial charge in [-0.2, -0.15) is 0 Å². The highest BCUT2D eigenvalue weighted by Gasteiger charge is 2.38. The lowest BCUT2D eigenvalue weighted by Crippen LogP contribution is -2.13. The van der Waals surface area contributed by atoms with Crippen molar-refractivity contribution in [1.82, 2.24) is 0 Å². The van der Waals surface area contributed by atoms with Crippen molar-refractivity contribution >= 4 is 35.0 Å². The molecule has 1 aromatic rings. The Morgan fingerprint density at radius 3 is 2.68 bits per heavy atom. The number of carbonyl (C=O) groups excluding carboxylic acids is 2. The van der Waals surface area contributed by atoms with Crippen molar-refractivity contribution < 1.29 is 19.1 Å². The fraction of sp³-hybridized carbons (Fsp3) is 0.167. The number of benzene rings is 1. The third-order valence-corrected chi connectivity index (χ3v) is 2.98. The van der Waals surface area contributed by atoms with Crippen molar-refractivity contribution in [3.8, 4) is 0 Å². The van der Waals surface area contributed by atoms with Gasteiger partial charge in [0.15, 0.2) is 6.10 Å². The molecule has 0 amide bonds. The highest BCUT2D eigenvalue weighted by atomic mass is 35.5. The van der Waals surface area contributed by atoms with Crippen LogP contribution in [0, 0.1) is 0 Å². The number of carbonyl (C=O) groups is 2. The summed E-state index contributed by atoms with van der Waals surface area (Å²) in [6.07, 6.45) is -1.03. The first-order valence-corrected chi connectivity index (χ1v) is 5.99. The van der Waals surface area contributed by atoms with Crippen molar-refractivity contribution in [1.29, 1.82) is 0 Å². The predicted octanol–water partition coefficient (Wildman–Crippen LogP) is 2.32. The third kappa shape index (κ3) is 2.67. The lowest BCUT2D eigenvalue weighted by molar-refractivity contribution is -0.140. The first-order valence-electron chi connectivity index (χ1n) is 5.24. The molecule has 0 bridgehead atoms. The zero-order chi connectivity index (χ0) is 14.2. The lowest BCUT2D eigenvalue weighted by Gasteiger charge is -2.11.